The summed E-state index contributed by atoms with van der Waals surface area (Å²) in [4.78, 5) is 0. The molecule has 0 radical (unpaired) electrons. The van der Waals surface area contributed by atoms with Gasteiger partial charge in [0.25, 0.3) is 0 Å². The van der Waals surface area contributed by atoms with Gasteiger partial charge in [0, 0.05) is 14.2 Å². The first-order valence-electron chi connectivity index (χ1n) is 5.02. The zero-order chi connectivity index (χ0) is 10.1. The highest BCUT2D eigenvalue weighted by molar-refractivity contribution is 6.55. The Balaban J connectivity index is 0.000000226. The second-order valence-electron chi connectivity index (χ2n) is 3.44. The summed E-state index contributed by atoms with van der Waals surface area (Å²) in [6.07, 6.45) is 4.29. The molecule has 1 aliphatic heterocycles. The fraction of sp³-hybridized carbons (Fsp3) is 1.00. The molecule has 0 aromatic rings. The molecule has 0 aromatic carbocycles. The summed E-state index contributed by atoms with van der Waals surface area (Å²) in [6, 6.07) is 2.81. The minimum absolute atomic E-state index is 0.595. The van der Waals surface area contributed by atoms with Crippen molar-refractivity contribution in [3.63, 3.8) is 0 Å². The topological polar surface area (TPSA) is 44.5 Å². The van der Waals surface area contributed by atoms with E-state index in [0.717, 1.165) is 0 Å². The van der Waals surface area contributed by atoms with Gasteiger partial charge < -0.3 is 14.3 Å². The van der Waals surface area contributed by atoms with Gasteiger partial charge in [0.1, 0.15) is 8.96 Å². The first-order chi connectivity index (χ1) is 6.20. The average Bonchev–Trinajstić information content (AvgIpc) is 2.19. The van der Waals surface area contributed by atoms with Gasteiger partial charge in [-0.05, 0) is 18.6 Å². The maximum absolute atomic E-state index is 5.77. The summed E-state index contributed by atoms with van der Waals surface area (Å²) in [5.74, 6) is 0. The van der Waals surface area contributed by atoms with Gasteiger partial charge in [0.2, 0.25) is 0 Å². The van der Waals surface area contributed by atoms with Crippen LogP contribution in [0.4, 0.5) is 0 Å². The molecular formula is C8H23NO2Si2. The quantitative estimate of drug-likeness (QED) is 0.707. The van der Waals surface area contributed by atoms with Gasteiger partial charge in [-0.2, -0.15) is 0 Å². The van der Waals surface area contributed by atoms with Gasteiger partial charge in [-0.1, -0.05) is 19.3 Å². The Labute approximate surface area is 85.1 Å². The zero-order valence-electron chi connectivity index (χ0n) is 9.08. The van der Waals surface area contributed by atoms with Gasteiger partial charge in [-0.15, -0.1) is 0 Å². The maximum atomic E-state index is 5.77. The Morgan fingerprint density at radius 1 is 1.08 bits per heavy atom. The Hall–Kier alpha value is 0.314. The molecule has 0 amide bonds. The van der Waals surface area contributed by atoms with Crippen LogP contribution in [-0.4, -0.2) is 32.5 Å². The van der Waals surface area contributed by atoms with E-state index < -0.39 is 18.2 Å². The molecule has 3 nitrogen and oxygen atoms in total. The van der Waals surface area contributed by atoms with Crippen LogP contribution in [-0.2, 0) is 8.85 Å². The van der Waals surface area contributed by atoms with Crippen molar-refractivity contribution >= 4 is 18.2 Å². The standard InChI is InChI=1S/C5H13NSi.C3H10O2Si/c6-7-4-2-1-3-5-7;1-4-6(3)5-2/h7H,1-6H2;6H,1-3H3. The first-order valence-corrected chi connectivity index (χ1v) is 9.41. The van der Waals surface area contributed by atoms with Crippen molar-refractivity contribution in [3.05, 3.63) is 0 Å². The molecule has 2 N–H and O–H groups in total. The van der Waals surface area contributed by atoms with Crippen LogP contribution in [0.5, 0.6) is 0 Å². The summed E-state index contributed by atoms with van der Waals surface area (Å²) >= 11 is 0. The molecule has 1 heterocycles. The van der Waals surface area contributed by atoms with Crippen molar-refractivity contribution in [1.82, 2.24) is 0 Å². The number of hydrogen-bond donors (Lipinski definition) is 1. The van der Waals surface area contributed by atoms with Crippen LogP contribution in [0.1, 0.15) is 19.3 Å². The van der Waals surface area contributed by atoms with Crippen molar-refractivity contribution in [2.24, 2.45) is 5.40 Å². The van der Waals surface area contributed by atoms with E-state index in [2.05, 4.69) is 0 Å². The highest BCUT2D eigenvalue weighted by atomic mass is 28.3. The van der Waals surface area contributed by atoms with Crippen LogP contribution < -0.4 is 5.40 Å². The molecule has 5 heteroatoms. The number of nitrogens with two attached hydrogens (primary N) is 1. The lowest BCUT2D eigenvalue weighted by Gasteiger charge is -2.13. The second kappa shape index (κ2) is 8.89. The summed E-state index contributed by atoms with van der Waals surface area (Å²) < 4.78 is 9.63. The van der Waals surface area contributed by atoms with E-state index in [9.17, 15) is 0 Å². The van der Waals surface area contributed by atoms with Gasteiger partial charge in [-0.25, -0.2) is 0 Å². The third kappa shape index (κ3) is 8.64. The van der Waals surface area contributed by atoms with E-state index in [1.807, 2.05) is 6.55 Å². The highest BCUT2D eigenvalue weighted by Crippen LogP contribution is 2.14. The van der Waals surface area contributed by atoms with Crippen molar-refractivity contribution in [2.45, 2.75) is 37.9 Å². The van der Waals surface area contributed by atoms with Crippen molar-refractivity contribution in [3.8, 4) is 0 Å². The van der Waals surface area contributed by atoms with Gasteiger partial charge in [0.15, 0.2) is 0 Å². The molecule has 0 spiro atoms. The molecule has 0 aliphatic carbocycles. The molecule has 13 heavy (non-hydrogen) atoms. The van der Waals surface area contributed by atoms with Crippen molar-refractivity contribution in [2.75, 3.05) is 14.2 Å². The predicted molar refractivity (Wildman–Crippen MR) is 61.8 cm³/mol. The van der Waals surface area contributed by atoms with Crippen LogP contribution in [0.2, 0.25) is 18.6 Å². The lowest BCUT2D eigenvalue weighted by molar-refractivity contribution is 0.285. The minimum atomic E-state index is -1.16. The molecule has 1 saturated heterocycles. The van der Waals surface area contributed by atoms with E-state index in [1.165, 1.54) is 31.4 Å². The van der Waals surface area contributed by atoms with E-state index in [4.69, 9.17) is 14.3 Å². The lowest BCUT2D eigenvalue weighted by Crippen LogP contribution is -2.26. The van der Waals surface area contributed by atoms with Crippen molar-refractivity contribution in [1.29, 1.82) is 0 Å². The largest absolute Gasteiger partial charge is 0.400 e. The van der Waals surface area contributed by atoms with E-state index >= 15 is 0 Å². The molecule has 0 bridgehead atoms. The Bertz CT molecular complexity index is 106. The Morgan fingerprint density at radius 2 is 1.54 bits per heavy atom. The van der Waals surface area contributed by atoms with Gasteiger partial charge >= 0.3 is 9.28 Å². The Kier molecular flexibility index (Phi) is 9.11. The molecule has 0 atom stereocenters. The molecule has 0 saturated carbocycles. The molecule has 1 fully saturated rings. The molecule has 0 aromatic heterocycles. The normalized spacial score (nSPS) is 18.2. The fourth-order valence-electron chi connectivity index (χ4n) is 1.23. The minimum Gasteiger partial charge on any atom is -0.400 e. The highest BCUT2D eigenvalue weighted by Gasteiger charge is 2.08. The Morgan fingerprint density at radius 3 is 1.69 bits per heavy atom. The number of rotatable bonds is 2. The third-order valence-electron chi connectivity index (χ3n) is 2.31. The van der Waals surface area contributed by atoms with E-state index in [1.54, 1.807) is 14.2 Å². The van der Waals surface area contributed by atoms with E-state index in [0.29, 0.717) is 0 Å². The summed E-state index contributed by atoms with van der Waals surface area (Å²) in [5.41, 5.74) is 0. The SMILES string of the molecule is CO[SiH](C)OC.N[SiH]1CCCCC1. The molecular weight excluding hydrogens is 198 g/mol. The number of hydrogen-bond acceptors (Lipinski definition) is 3. The average molecular weight is 221 g/mol. The van der Waals surface area contributed by atoms with E-state index in [-0.39, 0.29) is 0 Å². The summed E-state index contributed by atoms with van der Waals surface area (Å²) in [7, 11) is 1.58. The van der Waals surface area contributed by atoms with Crippen LogP contribution in [0.25, 0.3) is 0 Å². The third-order valence-corrected chi connectivity index (χ3v) is 5.94. The molecule has 1 rings (SSSR count). The monoisotopic (exact) mass is 221 g/mol. The lowest BCUT2D eigenvalue weighted by atomic mass is 10.3. The van der Waals surface area contributed by atoms with Crippen LogP contribution in [0.15, 0.2) is 0 Å². The van der Waals surface area contributed by atoms with Gasteiger partial charge in [0.05, 0.1) is 0 Å². The summed E-state index contributed by atoms with van der Waals surface area (Å²) in [6.45, 7) is 1.97. The van der Waals surface area contributed by atoms with Crippen LogP contribution in [0, 0.1) is 0 Å². The van der Waals surface area contributed by atoms with Crippen LogP contribution in [0.3, 0.4) is 0 Å². The second-order valence-corrected chi connectivity index (χ2v) is 8.19. The fourth-order valence-corrected chi connectivity index (χ4v) is 3.34. The van der Waals surface area contributed by atoms with Crippen LogP contribution >= 0.6 is 0 Å². The molecule has 1 aliphatic rings. The zero-order valence-corrected chi connectivity index (χ0v) is 11.4. The maximum Gasteiger partial charge on any atom is 0.317 e. The first kappa shape index (κ1) is 13.3. The predicted octanol–water partition coefficient (Wildman–Crippen LogP) is 0.982. The van der Waals surface area contributed by atoms with Gasteiger partial charge in [-0.3, -0.25) is 0 Å². The summed E-state index contributed by atoms with van der Waals surface area (Å²) in [5, 5.41) is 5.77. The van der Waals surface area contributed by atoms with Crippen molar-refractivity contribution < 1.29 is 8.85 Å². The molecule has 0 unspecified atom stereocenters. The molecule has 80 valence electrons. The smallest absolute Gasteiger partial charge is 0.317 e.